The second-order valence-electron chi connectivity index (χ2n) is 5.78. The Hall–Kier alpha value is -3.38. The summed E-state index contributed by atoms with van der Waals surface area (Å²) in [5, 5.41) is 2.65. The lowest BCUT2D eigenvalue weighted by Gasteiger charge is -2.09. The molecule has 0 N–H and O–H groups in total. The van der Waals surface area contributed by atoms with Crippen molar-refractivity contribution in [2.75, 3.05) is 6.61 Å². The lowest BCUT2D eigenvalue weighted by molar-refractivity contribution is 0.0476. The fourth-order valence-electron chi connectivity index (χ4n) is 2.72. The maximum Gasteiger partial charge on any atom is 0.339 e. The Labute approximate surface area is 159 Å². The van der Waals surface area contributed by atoms with E-state index in [9.17, 15) is 9.59 Å². The highest BCUT2D eigenvalue weighted by molar-refractivity contribution is 7.13. The summed E-state index contributed by atoms with van der Waals surface area (Å²) in [6.07, 6.45) is 3.05. The molecule has 4 aromatic rings. The average molecular weight is 374 g/mol. The zero-order valence-corrected chi connectivity index (χ0v) is 15.0. The molecule has 27 heavy (non-hydrogen) atoms. The quantitative estimate of drug-likeness (QED) is 0.383. The van der Waals surface area contributed by atoms with Crippen LogP contribution < -0.4 is 0 Å². The van der Waals surface area contributed by atoms with Crippen LogP contribution in [0.4, 0.5) is 0 Å². The van der Waals surface area contributed by atoms with Gasteiger partial charge in [0.15, 0.2) is 12.4 Å². The van der Waals surface area contributed by atoms with Gasteiger partial charge in [0, 0.05) is 23.3 Å². The van der Waals surface area contributed by atoms with Crippen LogP contribution in [0.5, 0.6) is 0 Å². The van der Waals surface area contributed by atoms with Crippen LogP contribution in [0.2, 0.25) is 0 Å². The standard InChI is InChI=1S/C21H14N2O3S/c24-19(14-7-9-22-10-8-14)13-26-21(25)16-12-18(20-6-3-11-27-20)23-17-5-2-1-4-15(16)17/h1-12H,13H2. The first-order valence-corrected chi connectivity index (χ1v) is 9.14. The van der Waals surface area contributed by atoms with Gasteiger partial charge in [-0.3, -0.25) is 9.78 Å². The molecule has 0 aliphatic rings. The van der Waals surface area contributed by atoms with E-state index in [0.29, 0.717) is 27.7 Å². The van der Waals surface area contributed by atoms with Gasteiger partial charge >= 0.3 is 5.97 Å². The van der Waals surface area contributed by atoms with E-state index in [-0.39, 0.29) is 12.4 Å². The summed E-state index contributed by atoms with van der Waals surface area (Å²) in [6.45, 7) is -0.326. The number of ether oxygens (including phenoxy) is 1. The third-order valence-corrected chi connectivity index (χ3v) is 4.94. The largest absolute Gasteiger partial charge is 0.454 e. The molecule has 5 nitrogen and oxygen atoms in total. The number of rotatable bonds is 5. The molecule has 6 heteroatoms. The van der Waals surface area contributed by atoms with Crippen molar-refractivity contribution < 1.29 is 14.3 Å². The summed E-state index contributed by atoms with van der Waals surface area (Å²) >= 11 is 1.55. The van der Waals surface area contributed by atoms with Crippen LogP contribution in [0.25, 0.3) is 21.5 Å². The zero-order valence-electron chi connectivity index (χ0n) is 14.2. The first-order valence-electron chi connectivity index (χ1n) is 8.26. The molecule has 0 aliphatic heterocycles. The van der Waals surface area contributed by atoms with Crippen LogP contribution in [0.1, 0.15) is 20.7 Å². The van der Waals surface area contributed by atoms with E-state index >= 15 is 0 Å². The van der Waals surface area contributed by atoms with E-state index in [0.717, 1.165) is 4.88 Å². The number of para-hydroxylation sites is 1. The Kier molecular flexibility index (Phi) is 4.72. The van der Waals surface area contributed by atoms with Crippen molar-refractivity contribution >= 4 is 34.0 Å². The summed E-state index contributed by atoms with van der Waals surface area (Å²) in [5.41, 5.74) is 2.26. The van der Waals surface area contributed by atoms with E-state index in [4.69, 9.17) is 4.74 Å². The highest BCUT2D eigenvalue weighted by Crippen LogP contribution is 2.28. The summed E-state index contributed by atoms with van der Waals surface area (Å²) in [5.74, 6) is -0.823. The van der Waals surface area contributed by atoms with Crippen molar-refractivity contribution in [1.82, 2.24) is 9.97 Å². The Bertz CT molecular complexity index is 1110. The van der Waals surface area contributed by atoms with Crippen LogP contribution in [-0.4, -0.2) is 28.3 Å². The topological polar surface area (TPSA) is 69.2 Å². The maximum atomic E-state index is 12.7. The predicted octanol–water partition coefficient (Wildman–Crippen LogP) is 4.40. The first-order chi connectivity index (χ1) is 13.2. The molecule has 4 rings (SSSR count). The van der Waals surface area contributed by atoms with Gasteiger partial charge in [0.1, 0.15) is 0 Å². The van der Waals surface area contributed by atoms with Gasteiger partial charge in [-0.1, -0.05) is 24.3 Å². The van der Waals surface area contributed by atoms with Crippen LogP contribution >= 0.6 is 11.3 Å². The first kappa shape index (κ1) is 17.1. The Balaban J connectivity index is 1.64. The van der Waals surface area contributed by atoms with E-state index in [2.05, 4.69) is 9.97 Å². The summed E-state index contributed by atoms with van der Waals surface area (Å²) in [6, 6.07) is 16.2. The van der Waals surface area contributed by atoms with Crippen LogP contribution in [-0.2, 0) is 4.74 Å². The minimum absolute atomic E-state index is 0.275. The highest BCUT2D eigenvalue weighted by atomic mass is 32.1. The van der Waals surface area contributed by atoms with Crippen LogP contribution in [0.15, 0.2) is 72.4 Å². The van der Waals surface area contributed by atoms with Crippen molar-refractivity contribution in [2.45, 2.75) is 0 Å². The molecular formula is C21H14N2O3S. The normalized spacial score (nSPS) is 10.7. The number of carbonyl (C=O) groups is 2. The van der Waals surface area contributed by atoms with Gasteiger partial charge in [-0.2, -0.15) is 0 Å². The summed E-state index contributed by atoms with van der Waals surface area (Å²) in [7, 11) is 0. The molecule has 0 fully saturated rings. The smallest absolute Gasteiger partial charge is 0.339 e. The third kappa shape index (κ3) is 3.61. The molecule has 0 bridgehead atoms. The monoisotopic (exact) mass is 374 g/mol. The number of carbonyl (C=O) groups excluding carboxylic acids is 2. The maximum absolute atomic E-state index is 12.7. The molecular weight excluding hydrogens is 360 g/mol. The molecule has 0 spiro atoms. The highest BCUT2D eigenvalue weighted by Gasteiger charge is 2.17. The van der Waals surface area contributed by atoms with Crippen LogP contribution in [0.3, 0.4) is 0 Å². The van der Waals surface area contributed by atoms with Gasteiger partial charge in [-0.05, 0) is 35.7 Å². The number of ketones is 1. The predicted molar refractivity (Wildman–Crippen MR) is 104 cm³/mol. The fourth-order valence-corrected chi connectivity index (χ4v) is 3.41. The van der Waals surface area contributed by atoms with Gasteiger partial charge in [0.25, 0.3) is 0 Å². The minimum atomic E-state index is -0.547. The van der Waals surface area contributed by atoms with Gasteiger partial charge < -0.3 is 4.74 Å². The Morgan fingerprint density at radius 2 is 1.81 bits per heavy atom. The van der Waals surface area contributed by atoms with Crippen molar-refractivity contribution in [3.05, 3.63) is 83.5 Å². The van der Waals surface area contributed by atoms with Gasteiger partial charge in [-0.25, -0.2) is 9.78 Å². The second kappa shape index (κ2) is 7.47. The molecule has 0 unspecified atom stereocenters. The van der Waals surface area contributed by atoms with E-state index in [1.165, 1.54) is 12.4 Å². The molecule has 3 aromatic heterocycles. The molecule has 3 heterocycles. The lowest BCUT2D eigenvalue weighted by Crippen LogP contribution is -2.15. The molecule has 0 radical (unpaired) electrons. The zero-order chi connectivity index (χ0) is 18.6. The number of hydrogen-bond donors (Lipinski definition) is 0. The molecule has 0 saturated carbocycles. The van der Waals surface area contributed by atoms with E-state index in [1.54, 1.807) is 29.5 Å². The number of fused-ring (bicyclic) bond motifs is 1. The Morgan fingerprint density at radius 1 is 1.00 bits per heavy atom. The average Bonchev–Trinajstić information content (AvgIpc) is 3.26. The minimum Gasteiger partial charge on any atom is -0.454 e. The lowest BCUT2D eigenvalue weighted by atomic mass is 10.1. The summed E-state index contributed by atoms with van der Waals surface area (Å²) in [4.78, 5) is 34.4. The van der Waals surface area contributed by atoms with Gasteiger partial charge in [-0.15, -0.1) is 11.3 Å². The number of thiophene rings is 1. The van der Waals surface area contributed by atoms with Crippen molar-refractivity contribution in [3.63, 3.8) is 0 Å². The number of benzene rings is 1. The SMILES string of the molecule is O=C(COC(=O)c1cc(-c2cccs2)nc2ccccc12)c1ccncc1. The van der Waals surface area contributed by atoms with Gasteiger partial charge in [0.2, 0.25) is 0 Å². The number of Topliss-reactive ketones (excluding diaryl/α,β-unsaturated/α-hetero) is 1. The third-order valence-electron chi connectivity index (χ3n) is 4.05. The number of nitrogens with zero attached hydrogens (tertiary/aromatic N) is 2. The number of aromatic nitrogens is 2. The second-order valence-corrected chi connectivity index (χ2v) is 6.73. The summed E-state index contributed by atoms with van der Waals surface area (Å²) < 4.78 is 5.29. The Morgan fingerprint density at radius 3 is 2.59 bits per heavy atom. The fraction of sp³-hybridized carbons (Fsp3) is 0.0476. The molecule has 0 aliphatic carbocycles. The van der Waals surface area contributed by atoms with E-state index in [1.807, 2.05) is 41.8 Å². The molecule has 132 valence electrons. The molecule has 0 atom stereocenters. The number of hydrogen-bond acceptors (Lipinski definition) is 6. The van der Waals surface area contributed by atoms with E-state index < -0.39 is 5.97 Å². The van der Waals surface area contributed by atoms with Crippen LogP contribution in [0, 0.1) is 0 Å². The van der Waals surface area contributed by atoms with Gasteiger partial charge in [0.05, 0.1) is 21.7 Å². The molecule has 0 amide bonds. The molecule has 1 aromatic carbocycles. The van der Waals surface area contributed by atoms with Crippen molar-refractivity contribution in [2.24, 2.45) is 0 Å². The molecule has 0 saturated heterocycles. The van der Waals surface area contributed by atoms with Crippen molar-refractivity contribution in [1.29, 1.82) is 0 Å². The number of pyridine rings is 2. The van der Waals surface area contributed by atoms with Crippen molar-refractivity contribution in [3.8, 4) is 10.6 Å². The number of esters is 1.